The number of carbonyl (C=O) groups is 2. The highest BCUT2D eigenvalue weighted by Gasteiger charge is 2.14. The van der Waals surface area contributed by atoms with Gasteiger partial charge in [-0.05, 0) is 24.8 Å². The zero-order valence-electron chi connectivity index (χ0n) is 13.2. The summed E-state index contributed by atoms with van der Waals surface area (Å²) < 4.78 is 5.78. The van der Waals surface area contributed by atoms with Gasteiger partial charge in [0.15, 0.2) is 0 Å². The highest BCUT2D eigenvalue weighted by molar-refractivity contribution is 5.88. The molecule has 1 N–H and O–H groups in total. The molecule has 23 heavy (non-hydrogen) atoms. The number of hydrogen-bond acceptors (Lipinski definition) is 3. The van der Waals surface area contributed by atoms with Gasteiger partial charge >= 0.3 is 5.97 Å². The van der Waals surface area contributed by atoms with Crippen molar-refractivity contribution < 1.29 is 19.4 Å². The van der Waals surface area contributed by atoms with Crippen molar-refractivity contribution in [1.29, 1.82) is 0 Å². The summed E-state index contributed by atoms with van der Waals surface area (Å²) in [6.07, 6.45) is 0.837. The van der Waals surface area contributed by atoms with Crippen molar-refractivity contribution in [3.63, 3.8) is 0 Å². The Morgan fingerprint density at radius 3 is 2.61 bits per heavy atom. The normalized spacial score (nSPS) is 10.5. The minimum Gasteiger partial charge on any atom is -0.493 e. The Kier molecular flexibility index (Phi) is 5.97. The first-order chi connectivity index (χ1) is 11.1. The third-order valence-electron chi connectivity index (χ3n) is 3.60. The lowest BCUT2D eigenvalue weighted by Crippen LogP contribution is -2.35. The molecule has 2 rings (SSSR count). The van der Waals surface area contributed by atoms with E-state index in [0.717, 1.165) is 16.5 Å². The van der Waals surface area contributed by atoms with Gasteiger partial charge in [0.1, 0.15) is 12.3 Å². The standard InChI is InChI=1S/C18H21NO4/c1-2-19(13-18(21)22)17(20)11-6-12-23-16-10-5-8-14-7-3-4-9-15(14)16/h3-5,7-10H,2,6,11-13H2,1H3,(H,21,22). The predicted octanol–water partition coefficient (Wildman–Crippen LogP) is 2.93. The Hall–Kier alpha value is -2.56. The van der Waals surface area contributed by atoms with Gasteiger partial charge in [0.25, 0.3) is 0 Å². The Morgan fingerprint density at radius 1 is 1.13 bits per heavy atom. The first-order valence-electron chi connectivity index (χ1n) is 7.72. The number of ether oxygens (including phenoxy) is 1. The van der Waals surface area contributed by atoms with Gasteiger partial charge in [-0.3, -0.25) is 9.59 Å². The van der Waals surface area contributed by atoms with E-state index in [-0.39, 0.29) is 18.9 Å². The Morgan fingerprint density at radius 2 is 1.87 bits per heavy atom. The first kappa shape index (κ1) is 16.8. The number of fused-ring (bicyclic) bond motifs is 1. The molecule has 0 heterocycles. The van der Waals surface area contributed by atoms with Gasteiger partial charge in [0, 0.05) is 18.4 Å². The minimum absolute atomic E-state index is 0.156. The summed E-state index contributed by atoms with van der Waals surface area (Å²) in [7, 11) is 0. The van der Waals surface area contributed by atoms with Crippen LogP contribution in [0, 0.1) is 0 Å². The molecule has 0 aromatic heterocycles. The summed E-state index contributed by atoms with van der Waals surface area (Å²) in [6, 6.07) is 13.8. The number of carboxylic acid groups (broad SMARTS) is 1. The van der Waals surface area contributed by atoms with Crippen molar-refractivity contribution in [3.8, 4) is 5.75 Å². The fourth-order valence-electron chi connectivity index (χ4n) is 2.42. The maximum atomic E-state index is 11.9. The fourth-order valence-corrected chi connectivity index (χ4v) is 2.42. The molecule has 0 aliphatic carbocycles. The molecule has 122 valence electrons. The van der Waals surface area contributed by atoms with Crippen LogP contribution in [0.1, 0.15) is 19.8 Å². The van der Waals surface area contributed by atoms with Crippen molar-refractivity contribution in [1.82, 2.24) is 4.90 Å². The van der Waals surface area contributed by atoms with Gasteiger partial charge in [0.2, 0.25) is 5.91 Å². The van der Waals surface area contributed by atoms with Crippen LogP contribution in [0.2, 0.25) is 0 Å². The maximum absolute atomic E-state index is 11.9. The lowest BCUT2D eigenvalue weighted by molar-refractivity contribution is -0.144. The third-order valence-corrected chi connectivity index (χ3v) is 3.60. The van der Waals surface area contributed by atoms with Crippen LogP contribution in [0.5, 0.6) is 5.75 Å². The molecule has 0 radical (unpaired) electrons. The smallest absolute Gasteiger partial charge is 0.323 e. The van der Waals surface area contributed by atoms with E-state index < -0.39 is 5.97 Å². The molecule has 2 aromatic carbocycles. The van der Waals surface area contributed by atoms with Gasteiger partial charge in [-0.15, -0.1) is 0 Å². The summed E-state index contributed by atoms with van der Waals surface area (Å²) in [5.74, 6) is -0.350. The zero-order valence-corrected chi connectivity index (χ0v) is 13.2. The third kappa shape index (κ3) is 4.71. The molecular weight excluding hydrogens is 294 g/mol. The molecule has 5 heteroatoms. The van der Waals surface area contributed by atoms with E-state index in [0.29, 0.717) is 19.6 Å². The number of nitrogens with zero attached hydrogens (tertiary/aromatic N) is 1. The van der Waals surface area contributed by atoms with E-state index in [1.807, 2.05) is 42.5 Å². The number of benzene rings is 2. The number of likely N-dealkylation sites (N-methyl/N-ethyl adjacent to an activating group) is 1. The van der Waals surface area contributed by atoms with Crippen molar-refractivity contribution in [3.05, 3.63) is 42.5 Å². The van der Waals surface area contributed by atoms with Crippen LogP contribution in [-0.2, 0) is 9.59 Å². The van der Waals surface area contributed by atoms with Crippen LogP contribution >= 0.6 is 0 Å². The summed E-state index contributed by atoms with van der Waals surface area (Å²) >= 11 is 0. The SMILES string of the molecule is CCN(CC(=O)O)C(=O)CCCOc1cccc2ccccc12. The Bertz CT molecular complexity index is 678. The van der Waals surface area contributed by atoms with E-state index >= 15 is 0 Å². The molecule has 0 bridgehead atoms. The first-order valence-corrected chi connectivity index (χ1v) is 7.72. The number of rotatable bonds is 8. The van der Waals surface area contributed by atoms with Crippen molar-refractivity contribution >= 4 is 22.6 Å². The molecule has 5 nitrogen and oxygen atoms in total. The van der Waals surface area contributed by atoms with Gasteiger partial charge < -0.3 is 14.7 Å². The molecule has 0 spiro atoms. The topological polar surface area (TPSA) is 66.8 Å². The number of aliphatic carboxylic acids is 1. The van der Waals surface area contributed by atoms with E-state index in [2.05, 4.69) is 0 Å². The van der Waals surface area contributed by atoms with Gasteiger partial charge in [0.05, 0.1) is 6.61 Å². The monoisotopic (exact) mass is 315 g/mol. The number of carbonyl (C=O) groups excluding carboxylic acids is 1. The highest BCUT2D eigenvalue weighted by Crippen LogP contribution is 2.25. The van der Waals surface area contributed by atoms with Gasteiger partial charge in [-0.25, -0.2) is 0 Å². The van der Waals surface area contributed by atoms with Crippen LogP contribution in [0.3, 0.4) is 0 Å². The number of amides is 1. The Balaban J connectivity index is 1.85. The lowest BCUT2D eigenvalue weighted by Gasteiger charge is -2.18. The summed E-state index contributed by atoms with van der Waals surface area (Å²) in [5, 5.41) is 10.9. The zero-order chi connectivity index (χ0) is 16.7. The van der Waals surface area contributed by atoms with E-state index in [9.17, 15) is 9.59 Å². The number of hydrogen-bond donors (Lipinski definition) is 1. The molecule has 1 amide bonds. The molecule has 0 fully saturated rings. The second kappa shape index (κ2) is 8.17. The molecule has 0 atom stereocenters. The summed E-state index contributed by atoms with van der Waals surface area (Å²) in [5.41, 5.74) is 0. The molecular formula is C18H21NO4. The lowest BCUT2D eigenvalue weighted by atomic mass is 10.1. The second-order valence-corrected chi connectivity index (χ2v) is 5.23. The van der Waals surface area contributed by atoms with Crippen LogP contribution < -0.4 is 4.74 Å². The number of carboxylic acids is 1. The maximum Gasteiger partial charge on any atom is 0.323 e. The van der Waals surface area contributed by atoms with Crippen LogP contribution in [0.4, 0.5) is 0 Å². The van der Waals surface area contributed by atoms with Gasteiger partial charge in [-0.2, -0.15) is 0 Å². The summed E-state index contributed by atoms with van der Waals surface area (Å²) in [4.78, 5) is 24.0. The summed E-state index contributed by atoms with van der Waals surface area (Å²) in [6.45, 7) is 2.34. The molecule has 0 aliphatic rings. The largest absolute Gasteiger partial charge is 0.493 e. The average molecular weight is 315 g/mol. The van der Waals surface area contributed by atoms with Crippen molar-refractivity contribution in [2.24, 2.45) is 0 Å². The van der Waals surface area contributed by atoms with E-state index in [1.54, 1.807) is 6.92 Å². The van der Waals surface area contributed by atoms with E-state index in [1.165, 1.54) is 4.90 Å². The van der Waals surface area contributed by atoms with Crippen molar-refractivity contribution in [2.75, 3.05) is 19.7 Å². The molecule has 0 saturated carbocycles. The van der Waals surface area contributed by atoms with Crippen molar-refractivity contribution in [2.45, 2.75) is 19.8 Å². The quantitative estimate of drug-likeness (QED) is 0.761. The van der Waals surface area contributed by atoms with Gasteiger partial charge in [-0.1, -0.05) is 36.4 Å². The van der Waals surface area contributed by atoms with Crippen LogP contribution in [0.15, 0.2) is 42.5 Å². The van der Waals surface area contributed by atoms with E-state index in [4.69, 9.17) is 9.84 Å². The predicted molar refractivity (Wildman–Crippen MR) is 88.6 cm³/mol. The van der Waals surface area contributed by atoms with Crippen LogP contribution in [0.25, 0.3) is 10.8 Å². The molecule has 2 aromatic rings. The van der Waals surface area contributed by atoms with Crippen LogP contribution in [-0.4, -0.2) is 41.6 Å². The minimum atomic E-state index is -0.993. The Labute approximate surface area is 135 Å². The highest BCUT2D eigenvalue weighted by atomic mass is 16.5. The molecule has 0 aliphatic heterocycles. The molecule has 0 saturated heterocycles. The molecule has 0 unspecified atom stereocenters. The average Bonchev–Trinajstić information content (AvgIpc) is 2.56. The second-order valence-electron chi connectivity index (χ2n) is 5.23. The fraction of sp³-hybridized carbons (Fsp3) is 0.333.